The maximum absolute atomic E-state index is 13.2. The van der Waals surface area contributed by atoms with E-state index in [1.165, 1.54) is 23.5 Å². The zero-order chi connectivity index (χ0) is 26.7. The number of thiazole rings is 1. The highest BCUT2D eigenvalue weighted by Gasteiger charge is 2.24. The Morgan fingerprint density at radius 3 is 2.58 bits per heavy atom. The van der Waals surface area contributed by atoms with Crippen LogP contribution in [0.4, 0.5) is 16.6 Å². The topological polar surface area (TPSA) is 128 Å². The standard InChI is InChI=1S/C26H28N6O4S2/c1-18-4-9-23-22(17-18)29-26(37-23)30-38(35,36)20-7-5-19(6-8-20)28-24-21(3-2-10-27-24)25(34)32-13-11-31(12-14-32)15-16-33/h2-10,17,33H,11-16H2,1H3,(H,27,28)(H,29,30). The van der Waals surface area contributed by atoms with E-state index in [1.54, 1.807) is 35.4 Å². The van der Waals surface area contributed by atoms with Crippen LogP contribution in [0.2, 0.25) is 0 Å². The van der Waals surface area contributed by atoms with Crippen LogP contribution in [0.5, 0.6) is 0 Å². The van der Waals surface area contributed by atoms with Gasteiger partial charge in [0, 0.05) is 44.6 Å². The van der Waals surface area contributed by atoms with E-state index < -0.39 is 10.0 Å². The second-order valence-electron chi connectivity index (χ2n) is 9.00. The number of aromatic nitrogens is 2. The van der Waals surface area contributed by atoms with Crippen molar-refractivity contribution < 1.29 is 18.3 Å². The number of aryl methyl sites for hydroxylation is 1. The third-order valence-electron chi connectivity index (χ3n) is 6.31. The SMILES string of the molecule is Cc1ccc2sc(NS(=O)(=O)c3ccc(Nc4ncccc4C(=O)N4CCN(CCO)CC4)cc3)nc2c1. The Bertz CT molecular complexity index is 1550. The lowest BCUT2D eigenvalue weighted by atomic mass is 10.2. The number of sulfonamides is 1. The van der Waals surface area contributed by atoms with Gasteiger partial charge >= 0.3 is 0 Å². The summed E-state index contributed by atoms with van der Waals surface area (Å²) in [4.78, 5) is 25.9. The Morgan fingerprint density at radius 1 is 1.08 bits per heavy atom. The van der Waals surface area contributed by atoms with E-state index in [-0.39, 0.29) is 17.4 Å². The molecule has 5 rings (SSSR count). The van der Waals surface area contributed by atoms with Gasteiger partial charge in [0.25, 0.3) is 15.9 Å². The average Bonchev–Trinajstić information content (AvgIpc) is 3.30. The highest BCUT2D eigenvalue weighted by molar-refractivity contribution is 7.93. The van der Waals surface area contributed by atoms with Crippen molar-refractivity contribution in [1.29, 1.82) is 0 Å². The molecule has 0 aliphatic carbocycles. The Morgan fingerprint density at radius 2 is 1.84 bits per heavy atom. The van der Waals surface area contributed by atoms with E-state index in [1.807, 2.05) is 25.1 Å². The molecular weight excluding hydrogens is 524 g/mol. The summed E-state index contributed by atoms with van der Waals surface area (Å²) < 4.78 is 29.4. The fourth-order valence-corrected chi connectivity index (χ4v) is 6.35. The van der Waals surface area contributed by atoms with Gasteiger partial charge < -0.3 is 15.3 Å². The third-order valence-corrected chi connectivity index (χ3v) is 8.74. The zero-order valence-electron chi connectivity index (χ0n) is 20.8. The first kappa shape index (κ1) is 26.0. The van der Waals surface area contributed by atoms with Gasteiger partial charge in [-0.05, 0) is 61.0 Å². The van der Waals surface area contributed by atoms with Crippen molar-refractivity contribution in [2.24, 2.45) is 0 Å². The molecular formula is C26H28N6O4S2. The van der Waals surface area contributed by atoms with Crippen molar-refractivity contribution in [1.82, 2.24) is 19.8 Å². The third kappa shape index (κ3) is 5.78. The van der Waals surface area contributed by atoms with Crippen LogP contribution in [0.1, 0.15) is 15.9 Å². The fourth-order valence-electron chi connectivity index (χ4n) is 4.27. The summed E-state index contributed by atoms with van der Waals surface area (Å²) in [7, 11) is -3.83. The van der Waals surface area contributed by atoms with E-state index in [0.717, 1.165) is 15.8 Å². The van der Waals surface area contributed by atoms with Gasteiger partial charge in [0.15, 0.2) is 5.13 Å². The van der Waals surface area contributed by atoms with Gasteiger partial charge in [0.1, 0.15) is 5.82 Å². The lowest BCUT2D eigenvalue weighted by Crippen LogP contribution is -2.49. The molecule has 3 N–H and O–H groups in total. The lowest BCUT2D eigenvalue weighted by Gasteiger charge is -2.34. The summed E-state index contributed by atoms with van der Waals surface area (Å²) in [6, 6.07) is 15.5. The number of β-amino-alcohol motifs (C(OH)–C–C–N with tert-alkyl or cyclic N) is 1. The van der Waals surface area contributed by atoms with Crippen LogP contribution in [0.3, 0.4) is 0 Å². The number of aliphatic hydroxyl groups is 1. The lowest BCUT2D eigenvalue weighted by molar-refractivity contribution is 0.0615. The number of amides is 1. The van der Waals surface area contributed by atoms with Gasteiger partial charge in [0.05, 0.1) is 27.3 Å². The van der Waals surface area contributed by atoms with Crippen LogP contribution < -0.4 is 10.0 Å². The number of nitrogens with one attached hydrogen (secondary N) is 2. The minimum Gasteiger partial charge on any atom is -0.395 e. The quantitative estimate of drug-likeness (QED) is 0.304. The number of aliphatic hydroxyl groups excluding tert-OH is 1. The number of pyridine rings is 1. The summed E-state index contributed by atoms with van der Waals surface area (Å²) in [5, 5.41) is 12.6. The molecule has 1 amide bonds. The number of rotatable bonds is 8. The van der Waals surface area contributed by atoms with Crippen LogP contribution in [-0.2, 0) is 10.0 Å². The number of hydrogen-bond donors (Lipinski definition) is 3. The molecule has 2 aromatic heterocycles. The fraction of sp³-hybridized carbons (Fsp3) is 0.269. The van der Waals surface area contributed by atoms with Crippen molar-refractivity contribution in [3.05, 3.63) is 71.9 Å². The molecule has 1 aliphatic rings. The normalized spacial score (nSPS) is 14.5. The van der Waals surface area contributed by atoms with Crippen molar-refractivity contribution >= 4 is 54.1 Å². The second kappa shape index (κ2) is 11.0. The van der Waals surface area contributed by atoms with E-state index in [4.69, 9.17) is 5.11 Å². The Balaban J connectivity index is 1.28. The van der Waals surface area contributed by atoms with Gasteiger partial charge in [-0.25, -0.2) is 18.4 Å². The van der Waals surface area contributed by atoms with E-state index >= 15 is 0 Å². The summed E-state index contributed by atoms with van der Waals surface area (Å²) in [5.41, 5.74) is 2.84. The molecule has 198 valence electrons. The zero-order valence-corrected chi connectivity index (χ0v) is 22.4. The van der Waals surface area contributed by atoms with Crippen LogP contribution >= 0.6 is 11.3 Å². The molecule has 0 saturated carbocycles. The van der Waals surface area contributed by atoms with Gasteiger partial charge in [-0.15, -0.1) is 0 Å². The number of nitrogens with zero attached hydrogens (tertiary/aromatic N) is 4. The predicted molar refractivity (Wildman–Crippen MR) is 149 cm³/mol. The monoisotopic (exact) mass is 552 g/mol. The molecule has 38 heavy (non-hydrogen) atoms. The molecule has 2 aromatic carbocycles. The van der Waals surface area contributed by atoms with Gasteiger partial charge in [-0.1, -0.05) is 17.4 Å². The molecule has 1 aliphatic heterocycles. The number of carbonyl (C=O) groups is 1. The van der Waals surface area contributed by atoms with Crippen molar-refractivity contribution in [2.75, 3.05) is 49.4 Å². The first-order valence-electron chi connectivity index (χ1n) is 12.2. The molecule has 1 saturated heterocycles. The number of carbonyl (C=O) groups excluding carboxylic acids is 1. The highest BCUT2D eigenvalue weighted by atomic mass is 32.2. The average molecular weight is 553 g/mol. The van der Waals surface area contributed by atoms with Crippen LogP contribution in [-0.4, -0.2) is 78.5 Å². The van der Waals surface area contributed by atoms with Crippen LogP contribution in [0, 0.1) is 6.92 Å². The molecule has 0 radical (unpaired) electrons. The highest BCUT2D eigenvalue weighted by Crippen LogP contribution is 2.29. The Kier molecular flexibility index (Phi) is 7.56. The summed E-state index contributed by atoms with van der Waals surface area (Å²) >= 11 is 1.28. The van der Waals surface area contributed by atoms with Crippen LogP contribution in [0.15, 0.2) is 65.7 Å². The second-order valence-corrected chi connectivity index (χ2v) is 11.7. The predicted octanol–water partition coefficient (Wildman–Crippen LogP) is 3.29. The molecule has 10 nitrogen and oxygen atoms in total. The largest absolute Gasteiger partial charge is 0.395 e. The maximum atomic E-state index is 13.2. The van der Waals surface area contributed by atoms with Crippen LogP contribution in [0.25, 0.3) is 10.2 Å². The molecule has 3 heterocycles. The van der Waals surface area contributed by atoms with E-state index in [9.17, 15) is 13.2 Å². The molecule has 12 heteroatoms. The number of fused-ring (bicyclic) bond motifs is 1. The molecule has 0 unspecified atom stereocenters. The van der Waals surface area contributed by atoms with Gasteiger partial charge in [0.2, 0.25) is 0 Å². The summed E-state index contributed by atoms with van der Waals surface area (Å²) in [6.45, 7) is 5.21. The smallest absolute Gasteiger partial charge is 0.263 e. The molecule has 0 atom stereocenters. The first-order valence-corrected chi connectivity index (χ1v) is 14.5. The summed E-state index contributed by atoms with van der Waals surface area (Å²) in [5.74, 6) is 0.271. The number of benzene rings is 2. The van der Waals surface area contributed by atoms with Crippen molar-refractivity contribution in [3.8, 4) is 0 Å². The van der Waals surface area contributed by atoms with Gasteiger partial charge in [-0.3, -0.25) is 14.4 Å². The Hall–Kier alpha value is -3.58. The number of hydrogen-bond acceptors (Lipinski definition) is 9. The first-order chi connectivity index (χ1) is 18.3. The maximum Gasteiger partial charge on any atom is 0.263 e. The molecule has 0 bridgehead atoms. The minimum absolute atomic E-state index is 0.0940. The summed E-state index contributed by atoms with van der Waals surface area (Å²) in [6.07, 6.45) is 1.60. The molecule has 1 fully saturated rings. The van der Waals surface area contributed by atoms with E-state index in [2.05, 4.69) is 24.9 Å². The number of anilines is 3. The van der Waals surface area contributed by atoms with Gasteiger partial charge in [-0.2, -0.15) is 0 Å². The molecule has 0 spiro atoms. The number of piperazine rings is 1. The molecule has 4 aromatic rings. The minimum atomic E-state index is -3.83. The van der Waals surface area contributed by atoms with E-state index in [0.29, 0.717) is 54.9 Å². The van der Waals surface area contributed by atoms with Crippen molar-refractivity contribution in [2.45, 2.75) is 11.8 Å². The van der Waals surface area contributed by atoms with Crippen molar-refractivity contribution in [3.63, 3.8) is 0 Å². The Labute approximate surface area is 225 Å².